The van der Waals surface area contributed by atoms with Gasteiger partial charge in [-0.2, -0.15) is 5.10 Å². The number of hydrogen-bond donors (Lipinski definition) is 1. The molecule has 2 nitrogen and oxygen atoms in total. The summed E-state index contributed by atoms with van der Waals surface area (Å²) >= 11 is 1.74. The molecule has 108 valence electrons. The molecule has 0 amide bonds. The summed E-state index contributed by atoms with van der Waals surface area (Å²) in [6.45, 7) is 0. The van der Waals surface area contributed by atoms with Gasteiger partial charge in [-0.15, -0.1) is 11.3 Å². The minimum Gasteiger partial charge on any atom is -0.269 e. The molecule has 22 heavy (non-hydrogen) atoms. The van der Waals surface area contributed by atoms with Crippen molar-refractivity contribution in [3.8, 4) is 23.1 Å². The third-order valence-corrected chi connectivity index (χ3v) is 4.41. The molecule has 2 aromatic heterocycles. The van der Waals surface area contributed by atoms with Crippen LogP contribution in [-0.2, 0) is 0 Å². The van der Waals surface area contributed by atoms with Crippen molar-refractivity contribution in [1.29, 1.82) is 0 Å². The third-order valence-electron chi connectivity index (χ3n) is 3.45. The summed E-state index contributed by atoms with van der Waals surface area (Å²) in [4.78, 5) is 0. The lowest BCUT2D eigenvalue weighted by molar-refractivity contribution is 1.08. The fraction of sp³-hybridized carbons (Fsp3) is 0. The molecule has 4 aromatic rings. The van der Waals surface area contributed by atoms with Gasteiger partial charge in [0.25, 0.3) is 0 Å². The van der Waals surface area contributed by atoms with Gasteiger partial charge in [-0.3, -0.25) is 5.10 Å². The molecule has 0 fully saturated rings. The number of nitrogens with one attached hydrogen (secondary N) is 1. The number of benzene rings is 2. The van der Waals surface area contributed by atoms with E-state index in [0.717, 1.165) is 22.5 Å². The Morgan fingerprint density at radius 2 is 1.77 bits per heavy atom. The van der Waals surface area contributed by atoms with Gasteiger partial charge in [-0.05, 0) is 30.2 Å². The van der Waals surface area contributed by atoms with Crippen LogP contribution in [0.25, 0.3) is 21.3 Å². The van der Waals surface area contributed by atoms with Gasteiger partial charge < -0.3 is 0 Å². The Kier molecular flexibility index (Phi) is 3.23. The predicted octanol–water partition coefficient (Wildman–Crippen LogP) is 5.18. The second-order valence-electron chi connectivity index (χ2n) is 4.93. The molecule has 0 bridgehead atoms. The molecule has 2 aromatic carbocycles. The highest BCUT2D eigenvalue weighted by molar-refractivity contribution is 7.17. The summed E-state index contributed by atoms with van der Waals surface area (Å²) in [6.07, 6.45) is 0. The summed E-state index contributed by atoms with van der Waals surface area (Å²) in [5, 5.41) is 10.8. The standard InChI is InChI=1S/C19H12N2S.2H2/c1-2-6-14(7-3-1)10-11-15-12-18(21-20-15)17-13-22-19-9-5-4-8-16(17)19;;/h1-9,12-13H,(H,20,21);2*1H. The molecule has 4 rings (SSSR count). The van der Waals surface area contributed by atoms with E-state index in [0.29, 0.717) is 0 Å². The van der Waals surface area contributed by atoms with E-state index >= 15 is 0 Å². The average molecular weight is 304 g/mol. The van der Waals surface area contributed by atoms with Crippen LogP contribution in [0.3, 0.4) is 0 Å². The molecule has 0 aliphatic heterocycles. The monoisotopic (exact) mass is 304 g/mol. The van der Waals surface area contributed by atoms with E-state index in [4.69, 9.17) is 0 Å². The van der Waals surface area contributed by atoms with Crippen molar-refractivity contribution in [2.45, 2.75) is 0 Å². The number of fused-ring (bicyclic) bond motifs is 1. The molecular weight excluding hydrogens is 288 g/mol. The van der Waals surface area contributed by atoms with Crippen LogP contribution in [0, 0.1) is 11.8 Å². The van der Waals surface area contributed by atoms with Gasteiger partial charge in [0.1, 0.15) is 5.69 Å². The molecule has 1 N–H and O–H groups in total. The first-order chi connectivity index (χ1) is 10.9. The Hall–Kier alpha value is -2.83. The van der Waals surface area contributed by atoms with E-state index in [1.165, 1.54) is 10.1 Å². The van der Waals surface area contributed by atoms with Gasteiger partial charge in [0, 0.05) is 29.4 Å². The Morgan fingerprint density at radius 3 is 2.68 bits per heavy atom. The van der Waals surface area contributed by atoms with Crippen LogP contribution >= 0.6 is 11.3 Å². The van der Waals surface area contributed by atoms with Gasteiger partial charge in [-0.25, -0.2) is 0 Å². The number of thiophene rings is 1. The molecule has 3 heteroatoms. The van der Waals surface area contributed by atoms with Crippen LogP contribution in [0.5, 0.6) is 0 Å². The van der Waals surface area contributed by atoms with Crippen molar-refractivity contribution in [2.24, 2.45) is 0 Å². The zero-order valence-corrected chi connectivity index (χ0v) is 12.5. The number of nitrogens with zero attached hydrogens (tertiary/aromatic N) is 1. The molecule has 0 unspecified atom stereocenters. The van der Waals surface area contributed by atoms with Crippen molar-refractivity contribution < 1.29 is 2.85 Å². The van der Waals surface area contributed by atoms with Crippen molar-refractivity contribution in [2.75, 3.05) is 0 Å². The summed E-state index contributed by atoms with van der Waals surface area (Å²) in [6, 6.07) is 20.3. The molecule has 0 aliphatic carbocycles. The quantitative estimate of drug-likeness (QED) is 0.482. The minimum absolute atomic E-state index is 0. The largest absolute Gasteiger partial charge is 0.269 e. The van der Waals surface area contributed by atoms with Crippen molar-refractivity contribution >= 4 is 21.4 Å². The maximum atomic E-state index is 4.40. The minimum atomic E-state index is 0. The molecule has 0 spiro atoms. The van der Waals surface area contributed by atoms with Crippen molar-refractivity contribution in [3.05, 3.63) is 77.3 Å². The summed E-state index contributed by atoms with van der Waals surface area (Å²) in [5.74, 6) is 6.26. The van der Waals surface area contributed by atoms with Crippen LogP contribution < -0.4 is 0 Å². The third kappa shape index (κ3) is 2.41. The van der Waals surface area contributed by atoms with Crippen LogP contribution in [-0.4, -0.2) is 10.2 Å². The normalized spacial score (nSPS) is 10.4. The molecule has 0 saturated heterocycles. The van der Waals surface area contributed by atoms with Crippen LogP contribution in [0.2, 0.25) is 0 Å². The second-order valence-corrected chi connectivity index (χ2v) is 5.84. The second kappa shape index (κ2) is 5.51. The SMILES string of the molecule is C(#Cc1cc(-c2csc3ccccc23)n[nH]1)c1ccccc1.[HH].[HH]. The van der Waals surface area contributed by atoms with Gasteiger partial charge >= 0.3 is 0 Å². The Bertz CT molecular complexity index is 994. The summed E-state index contributed by atoms with van der Waals surface area (Å²) in [5.41, 5.74) is 3.92. The molecule has 0 saturated carbocycles. The highest BCUT2D eigenvalue weighted by atomic mass is 32.1. The molecule has 2 heterocycles. The molecule has 0 atom stereocenters. The average Bonchev–Trinajstić information content (AvgIpc) is 3.20. The first-order valence-corrected chi connectivity index (χ1v) is 7.87. The first-order valence-electron chi connectivity index (χ1n) is 6.99. The summed E-state index contributed by atoms with van der Waals surface area (Å²) in [7, 11) is 0. The first kappa shape index (κ1) is 12.9. The van der Waals surface area contributed by atoms with E-state index in [9.17, 15) is 0 Å². The van der Waals surface area contributed by atoms with Crippen molar-refractivity contribution in [3.63, 3.8) is 0 Å². The number of H-pyrrole nitrogens is 1. The van der Waals surface area contributed by atoms with Crippen LogP contribution in [0.4, 0.5) is 0 Å². The van der Waals surface area contributed by atoms with Gasteiger partial charge in [0.05, 0.1) is 5.69 Å². The van der Waals surface area contributed by atoms with Gasteiger partial charge in [0.2, 0.25) is 0 Å². The Balaban J connectivity index is 0.00000104. The zero-order chi connectivity index (χ0) is 14.8. The fourth-order valence-electron chi connectivity index (χ4n) is 2.36. The Labute approximate surface area is 135 Å². The van der Waals surface area contributed by atoms with E-state index in [2.05, 4.69) is 51.7 Å². The predicted molar refractivity (Wildman–Crippen MR) is 96.1 cm³/mol. The highest BCUT2D eigenvalue weighted by Crippen LogP contribution is 2.32. The fourth-order valence-corrected chi connectivity index (χ4v) is 3.32. The van der Waals surface area contributed by atoms with E-state index in [1.54, 1.807) is 11.3 Å². The van der Waals surface area contributed by atoms with Crippen LogP contribution in [0.15, 0.2) is 66.0 Å². The lowest BCUT2D eigenvalue weighted by Crippen LogP contribution is -1.75. The molecular formula is C19H16N2S. The highest BCUT2D eigenvalue weighted by Gasteiger charge is 2.08. The summed E-state index contributed by atoms with van der Waals surface area (Å²) < 4.78 is 1.28. The van der Waals surface area contributed by atoms with Crippen LogP contribution in [0.1, 0.15) is 14.1 Å². The smallest absolute Gasteiger partial charge is 0.108 e. The topological polar surface area (TPSA) is 28.7 Å². The van der Waals surface area contributed by atoms with E-state index in [1.807, 2.05) is 36.4 Å². The molecule has 0 radical (unpaired) electrons. The molecule has 0 aliphatic rings. The maximum absolute atomic E-state index is 4.40. The van der Waals surface area contributed by atoms with E-state index < -0.39 is 0 Å². The lowest BCUT2D eigenvalue weighted by Gasteiger charge is -1.92. The van der Waals surface area contributed by atoms with E-state index in [-0.39, 0.29) is 2.85 Å². The Morgan fingerprint density at radius 1 is 0.955 bits per heavy atom. The maximum Gasteiger partial charge on any atom is 0.108 e. The number of aromatic amines is 1. The van der Waals surface area contributed by atoms with Gasteiger partial charge in [-0.1, -0.05) is 42.3 Å². The van der Waals surface area contributed by atoms with Gasteiger partial charge in [0.15, 0.2) is 0 Å². The zero-order valence-electron chi connectivity index (χ0n) is 11.7. The van der Waals surface area contributed by atoms with Crippen molar-refractivity contribution in [1.82, 2.24) is 10.2 Å². The number of aromatic nitrogens is 2. The number of hydrogen-bond acceptors (Lipinski definition) is 2. The number of rotatable bonds is 1. The lowest BCUT2D eigenvalue weighted by atomic mass is 10.1.